The Kier molecular flexibility index (Phi) is 3.85. The van der Waals surface area contributed by atoms with Gasteiger partial charge in [-0.3, -0.25) is 4.79 Å². The van der Waals surface area contributed by atoms with Gasteiger partial charge in [-0.2, -0.15) is 0 Å². The molecule has 1 aliphatic rings. The number of nitrogens with zero attached hydrogens (tertiary/aromatic N) is 1. The Morgan fingerprint density at radius 2 is 2.24 bits per heavy atom. The number of benzene rings is 1. The molecule has 1 heterocycles. The van der Waals surface area contributed by atoms with Crippen molar-refractivity contribution in [2.45, 2.75) is 19.3 Å². The van der Waals surface area contributed by atoms with Crippen LogP contribution in [0.2, 0.25) is 0 Å². The van der Waals surface area contributed by atoms with Crippen molar-refractivity contribution in [2.75, 3.05) is 24.6 Å². The molecule has 0 radical (unpaired) electrons. The van der Waals surface area contributed by atoms with Crippen LogP contribution in [0.4, 0.5) is 5.69 Å². The average molecular weight is 235 g/mol. The summed E-state index contributed by atoms with van der Waals surface area (Å²) < 4.78 is 5.65. The van der Waals surface area contributed by atoms with Gasteiger partial charge in [0.25, 0.3) is 0 Å². The molecule has 0 aliphatic carbocycles. The molecule has 4 nitrogen and oxygen atoms in total. The van der Waals surface area contributed by atoms with E-state index in [-0.39, 0.29) is 6.42 Å². The van der Waals surface area contributed by atoms with E-state index in [0.29, 0.717) is 6.42 Å². The summed E-state index contributed by atoms with van der Waals surface area (Å²) in [6.07, 6.45) is 1.87. The van der Waals surface area contributed by atoms with Crippen LogP contribution in [0, 0.1) is 0 Å². The van der Waals surface area contributed by atoms with E-state index >= 15 is 0 Å². The Bertz CT molecular complexity index is 392. The first-order valence-electron chi connectivity index (χ1n) is 5.96. The van der Waals surface area contributed by atoms with Crippen LogP contribution in [0.5, 0.6) is 5.75 Å². The molecule has 0 fully saturated rings. The Balaban J connectivity index is 2.04. The van der Waals surface area contributed by atoms with Crippen molar-refractivity contribution < 1.29 is 14.6 Å². The number of ether oxygens (including phenoxy) is 1. The molecule has 0 saturated heterocycles. The SMILES string of the molecule is O=C(O)CCCN1CCCOc2ccccc21. The van der Waals surface area contributed by atoms with E-state index in [1.54, 1.807) is 0 Å². The summed E-state index contributed by atoms with van der Waals surface area (Å²) in [6, 6.07) is 7.93. The van der Waals surface area contributed by atoms with Gasteiger partial charge in [0.1, 0.15) is 5.75 Å². The van der Waals surface area contributed by atoms with Crippen molar-refractivity contribution in [1.82, 2.24) is 0 Å². The lowest BCUT2D eigenvalue weighted by atomic mass is 10.2. The second-order valence-corrected chi connectivity index (χ2v) is 4.15. The first-order chi connectivity index (χ1) is 8.27. The lowest BCUT2D eigenvalue weighted by molar-refractivity contribution is -0.137. The molecular formula is C13H17NO3. The molecule has 1 aromatic carbocycles. The number of carboxylic acid groups (broad SMARTS) is 1. The highest BCUT2D eigenvalue weighted by molar-refractivity contribution is 5.66. The predicted octanol–water partition coefficient (Wildman–Crippen LogP) is 2.14. The second-order valence-electron chi connectivity index (χ2n) is 4.15. The van der Waals surface area contributed by atoms with Crippen molar-refractivity contribution in [3.63, 3.8) is 0 Å². The number of para-hydroxylation sites is 2. The zero-order valence-electron chi connectivity index (χ0n) is 9.76. The van der Waals surface area contributed by atoms with Crippen LogP contribution in [0.25, 0.3) is 0 Å². The van der Waals surface area contributed by atoms with Crippen molar-refractivity contribution >= 4 is 11.7 Å². The summed E-state index contributed by atoms with van der Waals surface area (Å²) >= 11 is 0. The molecule has 0 saturated carbocycles. The Morgan fingerprint density at radius 1 is 1.41 bits per heavy atom. The molecule has 0 spiro atoms. The fourth-order valence-corrected chi connectivity index (χ4v) is 2.05. The van der Waals surface area contributed by atoms with E-state index in [1.807, 2.05) is 24.3 Å². The fourth-order valence-electron chi connectivity index (χ4n) is 2.05. The van der Waals surface area contributed by atoms with Gasteiger partial charge in [0.05, 0.1) is 12.3 Å². The fraction of sp³-hybridized carbons (Fsp3) is 0.462. The Labute approximate surface area is 101 Å². The maximum atomic E-state index is 10.5. The highest BCUT2D eigenvalue weighted by Gasteiger charge is 2.15. The minimum absolute atomic E-state index is 0.222. The first kappa shape index (κ1) is 11.8. The highest BCUT2D eigenvalue weighted by Crippen LogP contribution is 2.30. The number of carbonyl (C=O) groups is 1. The summed E-state index contributed by atoms with van der Waals surface area (Å²) in [5.74, 6) is 0.171. The topological polar surface area (TPSA) is 49.8 Å². The van der Waals surface area contributed by atoms with Crippen molar-refractivity contribution in [3.8, 4) is 5.75 Å². The van der Waals surface area contributed by atoms with Gasteiger partial charge in [-0.05, 0) is 25.0 Å². The van der Waals surface area contributed by atoms with E-state index in [0.717, 1.165) is 37.6 Å². The molecule has 1 aliphatic heterocycles. The van der Waals surface area contributed by atoms with E-state index in [2.05, 4.69) is 4.90 Å². The summed E-state index contributed by atoms with van der Waals surface area (Å²) in [5, 5.41) is 8.65. The predicted molar refractivity (Wildman–Crippen MR) is 65.6 cm³/mol. The normalized spacial score (nSPS) is 14.7. The summed E-state index contributed by atoms with van der Waals surface area (Å²) in [4.78, 5) is 12.7. The second kappa shape index (κ2) is 5.57. The van der Waals surface area contributed by atoms with Gasteiger partial charge in [0, 0.05) is 19.5 Å². The van der Waals surface area contributed by atoms with Crippen LogP contribution in [0.1, 0.15) is 19.3 Å². The number of carboxylic acids is 1. The monoisotopic (exact) mass is 235 g/mol. The van der Waals surface area contributed by atoms with Gasteiger partial charge in [0.2, 0.25) is 0 Å². The van der Waals surface area contributed by atoms with Gasteiger partial charge in [-0.1, -0.05) is 12.1 Å². The number of hydrogen-bond acceptors (Lipinski definition) is 3. The Morgan fingerprint density at radius 3 is 3.06 bits per heavy atom. The average Bonchev–Trinajstić information content (AvgIpc) is 2.52. The number of fused-ring (bicyclic) bond motifs is 1. The molecule has 0 unspecified atom stereocenters. The largest absolute Gasteiger partial charge is 0.491 e. The van der Waals surface area contributed by atoms with E-state index in [4.69, 9.17) is 9.84 Å². The van der Waals surface area contributed by atoms with Gasteiger partial charge < -0.3 is 14.7 Å². The van der Waals surface area contributed by atoms with Crippen molar-refractivity contribution in [3.05, 3.63) is 24.3 Å². The van der Waals surface area contributed by atoms with Crippen LogP contribution in [0.3, 0.4) is 0 Å². The molecule has 0 atom stereocenters. The Hall–Kier alpha value is -1.71. The number of rotatable bonds is 4. The lowest BCUT2D eigenvalue weighted by Gasteiger charge is -2.23. The summed E-state index contributed by atoms with van der Waals surface area (Å²) in [6.45, 7) is 2.43. The minimum atomic E-state index is -0.732. The first-order valence-corrected chi connectivity index (χ1v) is 5.96. The van der Waals surface area contributed by atoms with Gasteiger partial charge >= 0.3 is 5.97 Å². The lowest BCUT2D eigenvalue weighted by Crippen LogP contribution is -2.25. The van der Waals surface area contributed by atoms with Crippen LogP contribution in [0.15, 0.2) is 24.3 Å². The molecule has 2 rings (SSSR count). The molecule has 1 N–H and O–H groups in total. The molecular weight excluding hydrogens is 218 g/mol. The van der Waals surface area contributed by atoms with Gasteiger partial charge in [-0.25, -0.2) is 0 Å². The third kappa shape index (κ3) is 3.12. The summed E-state index contributed by atoms with van der Waals surface area (Å²) in [7, 11) is 0. The van der Waals surface area contributed by atoms with Gasteiger partial charge in [0.15, 0.2) is 0 Å². The minimum Gasteiger partial charge on any atom is -0.491 e. The molecule has 17 heavy (non-hydrogen) atoms. The van der Waals surface area contributed by atoms with Crippen LogP contribution in [-0.4, -0.2) is 30.8 Å². The quantitative estimate of drug-likeness (QED) is 0.868. The van der Waals surface area contributed by atoms with Gasteiger partial charge in [-0.15, -0.1) is 0 Å². The third-order valence-corrected chi connectivity index (χ3v) is 2.85. The standard InChI is InChI=1S/C13H17NO3/c15-13(16)7-3-8-14-9-4-10-17-12-6-2-1-5-11(12)14/h1-2,5-6H,3-4,7-10H2,(H,15,16). The van der Waals surface area contributed by atoms with E-state index in [1.165, 1.54) is 0 Å². The number of hydrogen-bond donors (Lipinski definition) is 1. The zero-order valence-corrected chi connectivity index (χ0v) is 9.76. The number of anilines is 1. The van der Waals surface area contributed by atoms with E-state index in [9.17, 15) is 4.79 Å². The maximum absolute atomic E-state index is 10.5. The molecule has 92 valence electrons. The van der Waals surface area contributed by atoms with Crippen molar-refractivity contribution in [1.29, 1.82) is 0 Å². The molecule has 0 bridgehead atoms. The number of aliphatic carboxylic acids is 1. The van der Waals surface area contributed by atoms with Crippen LogP contribution < -0.4 is 9.64 Å². The highest BCUT2D eigenvalue weighted by atomic mass is 16.5. The molecule has 4 heteroatoms. The zero-order chi connectivity index (χ0) is 12.1. The van der Waals surface area contributed by atoms with E-state index < -0.39 is 5.97 Å². The maximum Gasteiger partial charge on any atom is 0.303 e. The van der Waals surface area contributed by atoms with Crippen molar-refractivity contribution in [2.24, 2.45) is 0 Å². The summed E-state index contributed by atoms with van der Waals surface area (Å²) in [5.41, 5.74) is 1.08. The third-order valence-electron chi connectivity index (χ3n) is 2.85. The smallest absolute Gasteiger partial charge is 0.303 e. The van der Waals surface area contributed by atoms with Crippen LogP contribution in [-0.2, 0) is 4.79 Å². The van der Waals surface area contributed by atoms with Crippen LogP contribution >= 0.6 is 0 Å². The molecule has 0 amide bonds. The molecule has 1 aromatic rings. The molecule has 0 aromatic heterocycles.